The Bertz CT molecular complexity index is 2710. The van der Waals surface area contributed by atoms with Crippen molar-refractivity contribution in [1.82, 2.24) is 9.55 Å². The van der Waals surface area contributed by atoms with E-state index in [2.05, 4.69) is 215 Å². The summed E-state index contributed by atoms with van der Waals surface area (Å²) in [5, 5.41) is 7.50. The summed E-state index contributed by atoms with van der Waals surface area (Å²) in [7, 11) is -2.89. The van der Waals surface area contributed by atoms with Gasteiger partial charge in [0.2, 0.25) is 0 Å². The smallest absolute Gasteiger partial charge is 0.179 e. The molecule has 0 saturated carbocycles. The molecule has 0 saturated heterocycles. The Hall–Kier alpha value is -7.15. The zero-order valence-corrected chi connectivity index (χ0v) is 31.7. The van der Waals surface area contributed by atoms with Gasteiger partial charge in [0.15, 0.2) is 8.07 Å². The average Bonchev–Trinajstić information content (AvgIpc) is 3.90. The standard InChI is InChI=1S/C50H38N4OSi/c1-5-17-38(18-6-1)52-31-32-53(37-52)39-33-41(55-40-28-29-47-46-25-13-14-26-48(46)54(49(47)36-40)50-27-15-16-30-51-50)35-45(34-39)56(42-19-7-2-8-20-42,43-21-9-3-10-22-43)44-23-11-4-12-24-44/h1-36H,37H2. The van der Waals surface area contributed by atoms with E-state index in [-0.39, 0.29) is 0 Å². The van der Waals surface area contributed by atoms with Crippen molar-refractivity contribution in [3.63, 3.8) is 0 Å². The molecular formula is C50H38N4OSi. The van der Waals surface area contributed by atoms with E-state index in [1.54, 1.807) is 0 Å². The third-order valence-corrected chi connectivity index (χ3v) is 15.6. The second-order valence-corrected chi connectivity index (χ2v) is 17.9. The maximum Gasteiger partial charge on any atom is 0.179 e. The van der Waals surface area contributed by atoms with Crippen LogP contribution in [0.3, 0.4) is 0 Å². The Kier molecular flexibility index (Phi) is 8.50. The summed E-state index contributed by atoms with van der Waals surface area (Å²) in [6, 6.07) is 71.5. The van der Waals surface area contributed by atoms with Crippen LogP contribution in [0.15, 0.2) is 219 Å². The summed E-state index contributed by atoms with van der Waals surface area (Å²) in [5.41, 5.74) is 4.37. The summed E-state index contributed by atoms with van der Waals surface area (Å²) in [5.74, 6) is 2.41. The maximum atomic E-state index is 7.05. The second kappa shape index (κ2) is 14.2. The topological polar surface area (TPSA) is 33.5 Å². The molecule has 56 heavy (non-hydrogen) atoms. The van der Waals surface area contributed by atoms with Crippen molar-refractivity contribution in [3.05, 3.63) is 219 Å². The first-order chi connectivity index (χ1) is 27.8. The second-order valence-electron chi connectivity index (χ2n) is 14.1. The molecule has 0 unspecified atom stereocenters. The molecule has 1 aliphatic rings. The molecule has 0 bridgehead atoms. The molecule has 268 valence electrons. The van der Waals surface area contributed by atoms with Crippen LogP contribution in [0.2, 0.25) is 0 Å². The van der Waals surface area contributed by atoms with Gasteiger partial charge >= 0.3 is 0 Å². The Morgan fingerprint density at radius 2 is 1.00 bits per heavy atom. The predicted molar refractivity (Wildman–Crippen MR) is 234 cm³/mol. The van der Waals surface area contributed by atoms with Gasteiger partial charge in [-0.05, 0) is 75.3 Å². The molecule has 0 fully saturated rings. The van der Waals surface area contributed by atoms with E-state index in [9.17, 15) is 0 Å². The van der Waals surface area contributed by atoms with Crippen molar-refractivity contribution >= 4 is 62.0 Å². The van der Waals surface area contributed by atoms with E-state index in [1.807, 2.05) is 18.3 Å². The van der Waals surface area contributed by atoms with Crippen LogP contribution in [0.5, 0.6) is 11.5 Å². The average molecular weight is 739 g/mol. The first kappa shape index (κ1) is 33.4. The van der Waals surface area contributed by atoms with Crippen LogP contribution in [-0.4, -0.2) is 24.3 Å². The van der Waals surface area contributed by atoms with Crippen LogP contribution in [-0.2, 0) is 0 Å². The molecule has 0 amide bonds. The number of benzene rings is 7. The van der Waals surface area contributed by atoms with E-state index < -0.39 is 8.07 Å². The lowest BCUT2D eigenvalue weighted by Gasteiger charge is -2.35. The SMILES string of the molecule is C1=CN(c2cc(Oc3ccc4c5ccccc5n(-c5ccccn5)c4c3)cc([Si](c3ccccc3)(c3ccccc3)c3ccccc3)c2)CN1c1ccccc1. The van der Waals surface area contributed by atoms with Gasteiger partial charge in [0.1, 0.15) is 17.3 Å². The minimum Gasteiger partial charge on any atom is -0.457 e. The molecule has 0 aliphatic carbocycles. The molecule has 2 aromatic heterocycles. The van der Waals surface area contributed by atoms with Gasteiger partial charge in [-0.2, -0.15) is 0 Å². The van der Waals surface area contributed by atoms with Gasteiger partial charge in [0.05, 0.1) is 17.7 Å². The van der Waals surface area contributed by atoms with Crippen LogP contribution in [0, 0.1) is 0 Å². The van der Waals surface area contributed by atoms with Gasteiger partial charge in [-0.25, -0.2) is 4.98 Å². The highest BCUT2D eigenvalue weighted by atomic mass is 28.3. The summed E-state index contributed by atoms with van der Waals surface area (Å²) in [6.07, 6.45) is 6.17. The zero-order valence-electron chi connectivity index (χ0n) is 30.7. The molecule has 3 heterocycles. The molecule has 5 nitrogen and oxygen atoms in total. The van der Waals surface area contributed by atoms with Crippen molar-refractivity contribution in [2.24, 2.45) is 0 Å². The van der Waals surface area contributed by atoms with Gasteiger partial charge in [0, 0.05) is 52.9 Å². The quantitative estimate of drug-likeness (QED) is 0.109. The number of nitrogens with zero attached hydrogens (tertiary/aromatic N) is 4. The highest BCUT2D eigenvalue weighted by molar-refractivity contribution is 7.20. The number of pyridine rings is 1. The van der Waals surface area contributed by atoms with E-state index >= 15 is 0 Å². The molecular weight excluding hydrogens is 701 g/mol. The Morgan fingerprint density at radius 1 is 0.429 bits per heavy atom. The molecule has 6 heteroatoms. The van der Waals surface area contributed by atoms with Crippen molar-refractivity contribution in [1.29, 1.82) is 0 Å². The number of hydrogen-bond acceptors (Lipinski definition) is 4. The minimum atomic E-state index is -2.89. The number of para-hydroxylation sites is 2. The Balaban J connectivity index is 1.17. The molecule has 0 atom stereocenters. The van der Waals surface area contributed by atoms with Crippen molar-refractivity contribution in [3.8, 4) is 17.3 Å². The predicted octanol–water partition coefficient (Wildman–Crippen LogP) is 9.10. The number of anilines is 2. The fourth-order valence-corrected chi connectivity index (χ4v) is 13.1. The minimum absolute atomic E-state index is 0.680. The largest absolute Gasteiger partial charge is 0.457 e. The molecule has 10 rings (SSSR count). The van der Waals surface area contributed by atoms with E-state index in [0.717, 1.165) is 45.1 Å². The lowest BCUT2D eigenvalue weighted by molar-refractivity contribution is 0.484. The third kappa shape index (κ3) is 5.84. The molecule has 7 aromatic carbocycles. The zero-order chi connectivity index (χ0) is 37.3. The number of ether oxygens (including phenoxy) is 1. The highest BCUT2D eigenvalue weighted by Gasteiger charge is 2.42. The molecule has 1 aliphatic heterocycles. The van der Waals surface area contributed by atoms with Crippen molar-refractivity contribution in [2.75, 3.05) is 16.5 Å². The van der Waals surface area contributed by atoms with Crippen LogP contribution in [0.1, 0.15) is 0 Å². The van der Waals surface area contributed by atoms with E-state index in [1.165, 1.54) is 26.1 Å². The number of fused-ring (bicyclic) bond motifs is 3. The lowest BCUT2D eigenvalue weighted by atomic mass is 10.1. The fourth-order valence-electron chi connectivity index (χ4n) is 8.35. The summed E-state index contributed by atoms with van der Waals surface area (Å²) < 4.78 is 9.28. The van der Waals surface area contributed by atoms with Crippen LogP contribution in [0.25, 0.3) is 27.6 Å². The number of hydrogen-bond donors (Lipinski definition) is 0. The van der Waals surface area contributed by atoms with Gasteiger partial charge in [-0.15, -0.1) is 0 Å². The molecule has 0 N–H and O–H groups in total. The number of aromatic nitrogens is 2. The lowest BCUT2D eigenvalue weighted by Crippen LogP contribution is -2.74. The van der Waals surface area contributed by atoms with Gasteiger partial charge in [0.25, 0.3) is 0 Å². The fraction of sp³-hybridized carbons (Fsp3) is 0.0200. The first-order valence-corrected chi connectivity index (χ1v) is 21.0. The van der Waals surface area contributed by atoms with Crippen molar-refractivity contribution < 1.29 is 4.74 Å². The van der Waals surface area contributed by atoms with E-state index in [4.69, 9.17) is 9.72 Å². The van der Waals surface area contributed by atoms with Gasteiger partial charge in [-0.3, -0.25) is 4.57 Å². The van der Waals surface area contributed by atoms with Crippen molar-refractivity contribution in [2.45, 2.75) is 0 Å². The molecule has 9 aromatic rings. The maximum absolute atomic E-state index is 7.05. The Morgan fingerprint density at radius 3 is 1.64 bits per heavy atom. The highest BCUT2D eigenvalue weighted by Crippen LogP contribution is 2.36. The van der Waals surface area contributed by atoms with Crippen LogP contribution < -0.4 is 35.3 Å². The van der Waals surface area contributed by atoms with Gasteiger partial charge in [-0.1, -0.05) is 133 Å². The van der Waals surface area contributed by atoms with Crippen LogP contribution >= 0.6 is 0 Å². The Labute approximate surface area is 327 Å². The first-order valence-electron chi connectivity index (χ1n) is 19.0. The molecule has 0 spiro atoms. The summed E-state index contributed by atoms with van der Waals surface area (Å²) in [6.45, 7) is 0.680. The summed E-state index contributed by atoms with van der Waals surface area (Å²) >= 11 is 0. The third-order valence-electron chi connectivity index (χ3n) is 10.9. The summed E-state index contributed by atoms with van der Waals surface area (Å²) in [4.78, 5) is 9.34. The monoisotopic (exact) mass is 738 g/mol. The van der Waals surface area contributed by atoms with E-state index in [0.29, 0.717) is 6.67 Å². The molecule has 0 radical (unpaired) electrons. The normalized spacial score (nSPS) is 12.8. The van der Waals surface area contributed by atoms with Gasteiger partial charge < -0.3 is 14.5 Å². The number of rotatable bonds is 9. The van der Waals surface area contributed by atoms with Crippen LogP contribution in [0.4, 0.5) is 11.4 Å².